The van der Waals surface area contributed by atoms with Crippen LogP contribution in [-0.4, -0.2) is 48.1 Å². The molecule has 0 aromatic carbocycles. The maximum absolute atomic E-state index is 10.7. The number of pyridine rings is 1. The summed E-state index contributed by atoms with van der Waals surface area (Å²) in [5.74, 6) is 0.429. The lowest BCUT2D eigenvalue weighted by Crippen LogP contribution is -2.35. The van der Waals surface area contributed by atoms with E-state index in [0.717, 1.165) is 28.2 Å². The number of carbonyl (C=O) groups is 1. The fraction of sp³-hybridized carbons (Fsp3) is 0.529. The van der Waals surface area contributed by atoms with E-state index in [1.807, 2.05) is 22.9 Å². The Bertz CT molecular complexity index is 760. The number of halogens is 1. The average molecular weight is 444 g/mol. The lowest BCUT2D eigenvalue weighted by Gasteiger charge is -2.16. The van der Waals surface area contributed by atoms with Gasteiger partial charge in [0.1, 0.15) is 19.0 Å². The molecule has 9 heteroatoms. The first-order valence-electron chi connectivity index (χ1n) is 8.51. The number of carboxylic acid groups (broad SMARTS) is 1. The minimum absolute atomic E-state index is 0.191. The summed E-state index contributed by atoms with van der Waals surface area (Å²) in [4.78, 5) is 15.2. The Morgan fingerprint density at radius 3 is 2.85 bits per heavy atom. The smallest absolute Gasteiger partial charge is 0.404 e. The monoisotopic (exact) mass is 443 g/mol. The highest BCUT2D eigenvalue weighted by Gasteiger charge is 2.14. The summed E-state index contributed by atoms with van der Waals surface area (Å²) >= 11 is 3.45. The largest absolute Gasteiger partial charge is 0.475 e. The lowest BCUT2D eigenvalue weighted by molar-refractivity contribution is 0.0898. The molecule has 144 valence electrons. The molecule has 0 aliphatic carbocycles. The van der Waals surface area contributed by atoms with E-state index in [1.54, 1.807) is 6.92 Å². The van der Waals surface area contributed by atoms with Crippen LogP contribution in [-0.2, 0) is 11.5 Å². The van der Waals surface area contributed by atoms with Crippen molar-refractivity contribution in [3.05, 3.63) is 22.8 Å². The highest BCUT2D eigenvalue weighted by molar-refractivity contribution is 9.10. The molecule has 2 aromatic heterocycles. The molecule has 0 spiro atoms. The normalized spacial score (nSPS) is 13.0. The van der Waals surface area contributed by atoms with E-state index in [4.69, 9.17) is 14.6 Å². The van der Waals surface area contributed by atoms with Crippen molar-refractivity contribution in [3.63, 3.8) is 0 Å². The number of amides is 1. The van der Waals surface area contributed by atoms with E-state index >= 15 is 0 Å². The predicted octanol–water partition coefficient (Wildman–Crippen LogP) is 4.15. The van der Waals surface area contributed by atoms with Gasteiger partial charge in [-0.05, 0) is 41.0 Å². The van der Waals surface area contributed by atoms with Gasteiger partial charge in [-0.2, -0.15) is 4.98 Å². The summed E-state index contributed by atoms with van der Waals surface area (Å²) in [6, 6.07) is 4.70. The molecule has 2 aromatic rings. The summed E-state index contributed by atoms with van der Waals surface area (Å²) < 4.78 is 14.1. The second kappa shape index (κ2) is 8.87. The van der Waals surface area contributed by atoms with Gasteiger partial charge >= 0.3 is 6.09 Å². The average Bonchev–Trinajstić information content (AvgIpc) is 2.89. The van der Waals surface area contributed by atoms with Gasteiger partial charge in [-0.15, -0.1) is 0 Å². The van der Waals surface area contributed by atoms with Crippen LogP contribution in [0.2, 0.25) is 25.7 Å². The van der Waals surface area contributed by atoms with Crippen LogP contribution in [0, 0.1) is 0 Å². The van der Waals surface area contributed by atoms with Crippen molar-refractivity contribution >= 4 is 41.1 Å². The van der Waals surface area contributed by atoms with E-state index in [2.05, 4.69) is 45.9 Å². The Kier molecular flexibility index (Phi) is 7.07. The van der Waals surface area contributed by atoms with Crippen molar-refractivity contribution in [2.24, 2.45) is 0 Å². The van der Waals surface area contributed by atoms with Gasteiger partial charge in [-0.1, -0.05) is 19.6 Å². The molecule has 7 nitrogen and oxygen atoms in total. The van der Waals surface area contributed by atoms with Crippen molar-refractivity contribution in [1.82, 2.24) is 14.9 Å². The molecule has 26 heavy (non-hydrogen) atoms. The zero-order valence-corrected chi connectivity index (χ0v) is 18.2. The van der Waals surface area contributed by atoms with Crippen LogP contribution < -0.4 is 10.1 Å². The summed E-state index contributed by atoms with van der Waals surface area (Å²) in [6.45, 7) is 10.1. The summed E-state index contributed by atoms with van der Waals surface area (Å²) in [6.07, 6.45) is 0.865. The molecule has 1 unspecified atom stereocenters. The van der Waals surface area contributed by atoms with E-state index in [1.165, 1.54) is 0 Å². The maximum Gasteiger partial charge on any atom is 0.404 e. The Balaban J connectivity index is 2.03. The fourth-order valence-electron chi connectivity index (χ4n) is 2.27. The van der Waals surface area contributed by atoms with Crippen molar-refractivity contribution in [2.75, 3.05) is 13.2 Å². The van der Waals surface area contributed by atoms with E-state index in [9.17, 15) is 4.79 Å². The number of rotatable bonds is 9. The Labute approximate surface area is 162 Å². The Morgan fingerprint density at radius 1 is 1.46 bits per heavy atom. The Morgan fingerprint density at radius 2 is 2.19 bits per heavy atom. The minimum Gasteiger partial charge on any atom is -0.475 e. The first-order chi connectivity index (χ1) is 12.2. The SMILES string of the molecule is CC(COc1nc2c(ccn2COCC[Si](C)(C)C)cc1Br)NC(=O)O. The topological polar surface area (TPSA) is 85.6 Å². The third-order valence-corrected chi connectivity index (χ3v) is 6.00. The van der Waals surface area contributed by atoms with Crippen molar-refractivity contribution in [3.8, 4) is 5.88 Å². The molecule has 1 amide bonds. The van der Waals surface area contributed by atoms with Crippen LogP contribution in [0.4, 0.5) is 4.79 Å². The number of nitrogens with zero attached hydrogens (tertiary/aromatic N) is 2. The minimum atomic E-state index is -1.11. The first kappa shape index (κ1) is 20.7. The molecule has 0 aliphatic heterocycles. The highest BCUT2D eigenvalue weighted by Crippen LogP contribution is 2.28. The molecular formula is C17H26BrN3O4Si. The zero-order valence-electron chi connectivity index (χ0n) is 15.6. The van der Waals surface area contributed by atoms with Gasteiger partial charge in [0.2, 0.25) is 5.88 Å². The van der Waals surface area contributed by atoms with Crippen LogP contribution in [0.5, 0.6) is 5.88 Å². The van der Waals surface area contributed by atoms with Crippen molar-refractivity contribution in [1.29, 1.82) is 0 Å². The van der Waals surface area contributed by atoms with Gasteiger partial charge in [0.15, 0.2) is 0 Å². The van der Waals surface area contributed by atoms with Crippen LogP contribution in [0.3, 0.4) is 0 Å². The maximum atomic E-state index is 10.7. The van der Waals surface area contributed by atoms with E-state index < -0.39 is 14.2 Å². The van der Waals surface area contributed by atoms with Crippen LogP contribution >= 0.6 is 15.9 Å². The molecule has 0 saturated heterocycles. The van der Waals surface area contributed by atoms with Gasteiger partial charge < -0.3 is 24.5 Å². The standard InChI is InChI=1S/C17H26BrN3O4Si/c1-12(19-17(22)23)10-25-16-14(18)9-13-5-6-21(15(13)20-16)11-24-7-8-26(2,3)4/h5-6,9,12,19H,7-8,10-11H2,1-4H3,(H,22,23). The molecule has 2 N–H and O–H groups in total. The van der Waals surface area contributed by atoms with Crippen molar-refractivity contribution in [2.45, 2.75) is 45.4 Å². The summed E-state index contributed by atoms with van der Waals surface area (Å²) in [7, 11) is -1.11. The van der Waals surface area contributed by atoms with Gasteiger partial charge in [-0.3, -0.25) is 0 Å². The third kappa shape index (κ3) is 6.29. The van der Waals surface area contributed by atoms with Gasteiger partial charge in [0.25, 0.3) is 0 Å². The third-order valence-electron chi connectivity index (χ3n) is 3.72. The number of hydrogen-bond acceptors (Lipinski definition) is 4. The fourth-order valence-corrected chi connectivity index (χ4v) is 3.48. The second-order valence-corrected chi connectivity index (χ2v) is 14.0. The molecule has 0 bridgehead atoms. The first-order valence-corrected chi connectivity index (χ1v) is 13.0. The number of aromatic nitrogens is 2. The molecule has 1 atom stereocenters. The number of hydrogen-bond donors (Lipinski definition) is 2. The van der Waals surface area contributed by atoms with Crippen LogP contribution in [0.1, 0.15) is 6.92 Å². The second-order valence-electron chi connectivity index (χ2n) is 7.48. The van der Waals surface area contributed by atoms with Gasteiger partial charge in [0.05, 0.1) is 10.5 Å². The molecule has 2 heterocycles. The molecule has 0 saturated carbocycles. The highest BCUT2D eigenvalue weighted by atomic mass is 79.9. The van der Waals surface area contributed by atoms with Crippen molar-refractivity contribution < 1.29 is 19.4 Å². The van der Waals surface area contributed by atoms with E-state index in [0.29, 0.717) is 12.6 Å². The summed E-state index contributed by atoms with van der Waals surface area (Å²) in [5, 5.41) is 12.1. The summed E-state index contributed by atoms with van der Waals surface area (Å²) in [5.41, 5.74) is 0.773. The van der Waals surface area contributed by atoms with Gasteiger partial charge in [-0.25, -0.2) is 4.79 Å². The number of fused-ring (bicyclic) bond motifs is 1. The van der Waals surface area contributed by atoms with Crippen LogP contribution in [0.15, 0.2) is 22.8 Å². The molecule has 0 aliphatic rings. The van der Waals surface area contributed by atoms with E-state index in [-0.39, 0.29) is 12.6 Å². The predicted molar refractivity (Wildman–Crippen MR) is 108 cm³/mol. The number of nitrogens with one attached hydrogen (secondary N) is 1. The number of ether oxygens (including phenoxy) is 2. The lowest BCUT2D eigenvalue weighted by atomic mass is 10.3. The van der Waals surface area contributed by atoms with Crippen LogP contribution in [0.25, 0.3) is 11.0 Å². The molecule has 0 radical (unpaired) electrons. The molecule has 0 fully saturated rings. The molecular weight excluding hydrogens is 418 g/mol. The van der Waals surface area contributed by atoms with Gasteiger partial charge in [0, 0.05) is 26.3 Å². The Hall–Kier alpha value is -1.58. The quantitative estimate of drug-likeness (QED) is 0.449. The zero-order chi connectivity index (χ0) is 19.3. The molecule has 2 rings (SSSR count).